The lowest BCUT2D eigenvalue weighted by Gasteiger charge is -2.06. The SMILES string of the molecule is CCCCOCCOC(=O)OOOC(=O)c1cccc(OCC)c1. The predicted molar refractivity (Wildman–Crippen MR) is 82.3 cm³/mol. The third-order valence-corrected chi connectivity index (χ3v) is 2.68. The lowest BCUT2D eigenvalue weighted by molar-refractivity contribution is -0.452. The fourth-order valence-electron chi connectivity index (χ4n) is 1.56. The third kappa shape index (κ3) is 8.35. The maximum atomic E-state index is 11.7. The van der Waals surface area contributed by atoms with E-state index in [0.717, 1.165) is 12.8 Å². The van der Waals surface area contributed by atoms with E-state index in [9.17, 15) is 9.59 Å². The summed E-state index contributed by atoms with van der Waals surface area (Å²) in [6.07, 6.45) is 0.828. The van der Waals surface area contributed by atoms with E-state index < -0.39 is 12.1 Å². The van der Waals surface area contributed by atoms with E-state index in [0.29, 0.717) is 19.0 Å². The van der Waals surface area contributed by atoms with Crippen LogP contribution in [-0.2, 0) is 24.3 Å². The van der Waals surface area contributed by atoms with Crippen LogP contribution in [-0.4, -0.2) is 38.6 Å². The number of ether oxygens (including phenoxy) is 3. The van der Waals surface area contributed by atoms with E-state index in [1.807, 2.05) is 13.8 Å². The summed E-state index contributed by atoms with van der Waals surface area (Å²) in [4.78, 5) is 31.3. The van der Waals surface area contributed by atoms with E-state index in [4.69, 9.17) is 9.47 Å². The van der Waals surface area contributed by atoms with Crippen molar-refractivity contribution in [3.63, 3.8) is 0 Å². The summed E-state index contributed by atoms with van der Waals surface area (Å²) < 4.78 is 15.1. The van der Waals surface area contributed by atoms with Gasteiger partial charge in [-0.2, -0.15) is 0 Å². The fraction of sp³-hybridized carbons (Fsp3) is 0.500. The minimum Gasteiger partial charge on any atom is -0.494 e. The number of carbonyl (C=O) groups is 2. The van der Waals surface area contributed by atoms with Gasteiger partial charge >= 0.3 is 12.1 Å². The van der Waals surface area contributed by atoms with Gasteiger partial charge in [0.25, 0.3) is 0 Å². The van der Waals surface area contributed by atoms with Crippen LogP contribution in [0.1, 0.15) is 37.0 Å². The molecule has 0 fully saturated rings. The normalized spacial score (nSPS) is 10.1. The van der Waals surface area contributed by atoms with Gasteiger partial charge in [0.15, 0.2) is 0 Å². The van der Waals surface area contributed by atoms with Crippen molar-refractivity contribution in [1.82, 2.24) is 0 Å². The first-order chi connectivity index (χ1) is 11.7. The Labute approximate surface area is 140 Å². The molecule has 0 heterocycles. The summed E-state index contributed by atoms with van der Waals surface area (Å²) in [5.74, 6) is -0.331. The molecule has 0 bridgehead atoms. The Morgan fingerprint density at radius 3 is 2.62 bits per heavy atom. The molecule has 0 saturated heterocycles. The average Bonchev–Trinajstić information content (AvgIpc) is 2.58. The molecule has 0 atom stereocenters. The van der Waals surface area contributed by atoms with Crippen LogP contribution in [0.4, 0.5) is 4.79 Å². The molecule has 134 valence electrons. The maximum Gasteiger partial charge on any atom is 0.543 e. The van der Waals surface area contributed by atoms with Crippen LogP contribution in [0.15, 0.2) is 24.3 Å². The number of hydrogen-bond donors (Lipinski definition) is 0. The van der Waals surface area contributed by atoms with Gasteiger partial charge < -0.3 is 14.2 Å². The highest BCUT2D eigenvalue weighted by Gasteiger charge is 2.12. The highest BCUT2D eigenvalue weighted by Crippen LogP contribution is 2.14. The van der Waals surface area contributed by atoms with Gasteiger partial charge in [-0.1, -0.05) is 19.4 Å². The highest BCUT2D eigenvalue weighted by atomic mass is 17.5. The Morgan fingerprint density at radius 2 is 1.88 bits per heavy atom. The number of unbranched alkanes of at least 4 members (excludes halogenated alkanes) is 1. The number of rotatable bonds is 11. The fourth-order valence-corrected chi connectivity index (χ4v) is 1.56. The van der Waals surface area contributed by atoms with Crippen molar-refractivity contribution in [3.05, 3.63) is 29.8 Å². The van der Waals surface area contributed by atoms with Crippen molar-refractivity contribution in [2.24, 2.45) is 0 Å². The average molecular weight is 342 g/mol. The molecular formula is C16H22O8. The summed E-state index contributed by atoms with van der Waals surface area (Å²) in [6, 6.07) is 6.29. The van der Waals surface area contributed by atoms with Gasteiger partial charge in [0.05, 0.1) is 23.8 Å². The molecule has 0 aliphatic carbocycles. The topological polar surface area (TPSA) is 89.5 Å². The molecule has 8 heteroatoms. The van der Waals surface area contributed by atoms with E-state index in [1.54, 1.807) is 12.1 Å². The molecular weight excluding hydrogens is 320 g/mol. The predicted octanol–water partition coefficient (Wildman–Crippen LogP) is 3.06. The van der Waals surface area contributed by atoms with Gasteiger partial charge in [-0.25, -0.2) is 14.5 Å². The summed E-state index contributed by atoms with van der Waals surface area (Å²) in [7, 11) is 0. The van der Waals surface area contributed by atoms with Crippen LogP contribution in [0, 0.1) is 0 Å². The molecule has 0 saturated carbocycles. The molecule has 0 amide bonds. The molecule has 0 aliphatic heterocycles. The zero-order valence-electron chi connectivity index (χ0n) is 13.8. The Kier molecular flexibility index (Phi) is 9.98. The van der Waals surface area contributed by atoms with Gasteiger partial charge in [-0.3, -0.25) is 4.89 Å². The lowest BCUT2D eigenvalue weighted by Crippen LogP contribution is -2.14. The first-order valence-corrected chi connectivity index (χ1v) is 7.70. The van der Waals surface area contributed by atoms with Gasteiger partial charge in [0.2, 0.25) is 0 Å². The molecule has 0 spiro atoms. The number of carbonyl (C=O) groups excluding carboxylic acids is 2. The monoisotopic (exact) mass is 342 g/mol. The van der Waals surface area contributed by atoms with Crippen LogP contribution in [0.2, 0.25) is 0 Å². The van der Waals surface area contributed by atoms with Crippen molar-refractivity contribution < 1.29 is 38.6 Å². The second-order valence-corrected chi connectivity index (χ2v) is 4.55. The second kappa shape index (κ2) is 12.1. The quantitative estimate of drug-likeness (QED) is 0.262. The molecule has 1 rings (SSSR count). The van der Waals surface area contributed by atoms with Crippen molar-refractivity contribution in [3.8, 4) is 5.75 Å². The molecule has 1 aromatic carbocycles. The van der Waals surface area contributed by atoms with E-state index in [-0.39, 0.29) is 18.8 Å². The van der Waals surface area contributed by atoms with E-state index in [1.165, 1.54) is 12.1 Å². The zero-order chi connectivity index (χ0) is 17.6. The number of benzene rings is 1. The number of hydrogen-bond acceptors (Lipinski definition) is 8. The summed E-state index contributed by atoms with van der Waals surface area (Å²) in [5.41, 5.74) is 0.183. The first kappa shape index (κ1) is 19.7. The van der Waals surface area contributed by atoms with E-state index in [2.05, 4.69) is 19.6 Å². The van der Waals surface area contributed by atoms with Crippen LogP contribution in [0.5, 0.6) is 5.75 Å². The molecule has 0 aliphatic rings. The third-order valence-electron chi connectivity index (χ3n) is 2.68. The van der Waals surface area contributed by atoms with Gasteiger partial charge in [0, 0.05) is 6.61 Å². The molecule has 0 N–H and O–H groups in total. The zero-order valence-corrected chi connectivity index (χ0v) is 13.8. The molecule has 0 aromatic heterocycles. The minimum absolute atomic E-state index is 0.0102. The highest BCUT2D eigenvalue weighted by molar-refractivity contribution is 5.89. The molecule has 24 heavy (non-hydrogen) atoms. The summed E-state index contributed by atoms with van der Waals surface area (Å²) >= 11 is 0. The van der Waals surface area contributed by atoms with Gasteiger partial charge in [0.1, 0.15) is 12.4 Å². The lowest BCUT2D eigenvalue weighted by atomic mass is 10.2. The second-order valence-electron chi connectivity index (χ2n) is 4.55. The van der Waals surface area contributed by atoms with Gasteiger partial charge in [-0.15, -0.1) is 0 Å². The van der Waals surface area contributed by atoms with Crippen LogP contribution in [0.3, 0.4) is 0 Å². The Balaban J connectivity index is 2.18. The van der Waals surface area contributed by atoms with Crippen molar-refractivity contribution in [2.45, 2.75) is 26.7 Å². The van der Waals surface area contributed by atoms with Crippen molar-refractivity contribution in [2.75, 3.05) is 26.4 Å². The first-order valence-electron chi connectivity index (χ1n) is 7.70. The largest absolute Gasteiger partial charge is 0.543 e. The maximum absolute atomic E-state index is 11.7. The molecule has 8 nitrogen and oxygen atoms in total. The smallest absolute Gasteiger partial charge is 0.494 e. The van der Waals surface area contributed by atoms with Crippen LogP contribution < -0.4 is 4.74 Å². The Hall–Kier alpha value is -2.32. The Bertz CT molecular complexity index is 503. The summed E-state index contributed by atoms with van der Waals surface area (Å²) in [5, 5.41) is 4.10. The molecule has 1 aromatic rings. The van der Waals surface area contributed by atoms with Crippen molar-refractivity contribution >= 4 is 12.1 Å². The van der Waals surface area contributed by atoms with Crippen LogP contribution in [0.25, 0.3) is 0 Å². The summed E-state index contributed by atoms with van der Waals surface area (Å²) in [6.45, 7) is 5.19. The minimum atomic E-state index is -1.13. The standard InChI is InChI=1S/C16H22O8/c1-3-5-9-19-10-11-21-16(18)23-24-22-15(17)13-7-6-8-14(12-13)20-4-2/h6-8,12H,3-5,9-11H2,1-2H3. The Morgan fingerprint density at radius 1 is 1.04 bits per heavy atom. The van der Waals surface area contributed by atoms with Gasteiger partial charge in [-0.05, 0) is 31.5 Å². The molecule has 0 radical (unpaired) electrons. The van der Waals surface area contributed by atoms with Crippen LogP contribution >= 0.6 is 0 Å². The van der Waals surface area contributed by atoms with Crippen molar-refractivity contribution in [1.29, 1.82) is 0 Å². The van der Waals surface area contributed by atoms with E-state index >= 15 is 0 Å². The molecule has 0 unspecified atom stereocenters.